The topological polar surface area (TPSA) is 63.2 Å². The maximum absolute atomic E-state index is 11.8. The maximum Gasteiger partial charge on any atom is 0.228 e. The fourth-order valence-electron chi connectivity index (χ4n) is 1.70. The Labute approximate surface area is 94.2 Å². The second-order valence-electron chi connectivity index (χ2n) is 3.77. The average molecular weight is 221 g/mol. The molecule has 0 saturated carbocycles. The van der Waals surface area contributed by atoms with Crippen molar-refractivity contribution in [3.8, 4) is 5.88 Å². The van der Waals surface area contributed by atoms with Crippen molar-refractivity contribution in [1.29, 1.82) is 0 Å². The van der Waals surface area contributed by atoms with Crippen LogP contribution in [0.3, 0.4) is 0 Å². The number of nitrogens with zero attached hydrogens (tertiary/aromatic N) is 1. The van der Waals surface area contributed by atoms with E-state index in [1.165, 1.54) is 0 Å². The van der Waals surface area contributed by atoms with Crippen molar-refractivity contribution in [3.63, 3.8) is 0 Å². The van der Waals surface area contributed by atoms with Gasteiger partial charge in [0.1, 0.15) is 0 Å². The highest BCUT2D eigenvalue weighted by molar-refractivity contribution is 5.92. The second-order valence-corrected chi connectivity index (χ2v) is 3.77. The van der Waals surface area contributed by atoms with Crippen LogP contribution in [-0.4, -0.2) is 31.1 Å². The molecule has 2 heterocycles. The molecule has 1 amide bonds. The lowest BCUT2D eigenvalue weighted by Gasteiger charge is -2.09. The summed E-state index contributed by atoms with van der Waals surface area (Å²) in [6.45, 7) is 1.67. The van der Waals surface area contributed by atoms with Crippen LogP contribution in [0.2, 0.25) is 0 Å². The molecule has 5 nitrogen and oxygen atoms in total. The number of carbonyl (C=O) groups excluding carboxylic acids is 1. The summed E-state index contributed by atoms with van der Waals surface area (Å²) in [5, 5.41) is 6.00. The first-order valence-electron chi connectivity index (χ1n) is 5.31. The molecule has 1 saturated heterocycles. The molecule has 1 aromatic heterocycles. The highest BCUT2D eigenvalue weighted by Crippen LogP contribution is 2.14. The minimum atomic E-state index is 0.0527. The van der Waals surface area contributed by atoms with Crippen molar-refractivity contribution in [2.24, 2.45) is 5.92 Å². The van der Waals surface area contributed by atoms with Gasteiger partial charge >= 0.3 is 0 Å². The average Bonchev–Trinajstić information content (AvgIpc) is 2.83. The van der Waals surface area contributed by atoms with Crippen LogP contribution in [0.25, 0.3) is 0 Å². The second kappa shape index (κ2) is 4.94. The molecule has 1 fully saturated rings. The molecule has 1 aromatic rings. The number of hydrogen-bond donors (Lipinski definition) is 2. The fraction of sp³-hybridized carbons (Fsp3) is 0.455. The Morgan fingerprint density at radius 1 is 1.62 bits per heavy atom. The lowest BCUT2D eigenvalue weighted by molar-refractivity contribution is -0.119. The van der Waals surface area contributed by atoms with E-state index in [0.717, 1.165) is 19.5 Å². The zero-order chi connectivity index (χ0) is 11.4. The Hall–Kier alpha value is -1.62. The number of hydrogen-bond acceptors (Lipinski definition) is 4. The van der Waals surface area contributed by atoms with Gasteiger partial charge in [0.25, 0.3) is 0 Å². The van der Waals surface area contributed by atoms with Crippen molar-refractivity contribution in [3.05, 3.63) is 18.3 Å². The highest BCUT2D eigenvalue weighted by atomic mass is 16.5. The van der Waals surface area contributed by atoms with Crippen LogP contribution in [0.4, 0.5) is 5.69 Å². The predicted molar refractivity (Wildman–Crippen MR) is 60.4 cm³/mol. The molecule has 0 radical (unpaired) electrons. The fourth-order valence-corrected chi connectivity index (χ4v) is 1.70. The third-order valence-corrected chi connectivity index (χ3v) is 2.64. The Bertz CT molecular complexity index is 358. The lowest BCUT2D eigenvalue weighted by Crippen LogP contribution is -2.24. The third-order valence-electron chi connectivity index (χ3n) is 2.64. The van der Waals surface area contributed by atoms with E-state index in [9.17, 15) is 4.79 Å². The standard InChI is InChI=1S/C11H15N3O2/c1-16-10-3-2-9(7-13-10)14-11(15)8-4-5-12-6-8/h2-3,7-8,12H,4-6H2,1H3,(H,14,15). The smallest absolute Gasteiger partial charge is 0.228 e. The highest BCUT2D eigenvalue weighted by Gasteiger charge is 2.22. The number of amides is 1. The summed E-state index contributed by atoms with van der Waals surface area (Å²) in [6, 6.07) is 3.51. The normalized spacial score (nSPS) is 19.4. The molecule has 2 rings (SSSR count). The van der Waals surface area contributed by atoms with Gasteiger partial charge in [-0.15, -0.1) is 0 Å². The summed E-state index contributed by atoms with van der Waals surface area (Å²) in [5.41, 5.74) is 0.706. The van der Waals surface area contributed by atoms with Crippen molar-refractivity contribution in [2.45, 2.75) is 6.42 Å². The third kappa shape index (κ3) is 2.49. The summed E-state index contributed by atoms with van der Waals surface area (Å²) in [5.74, 6) is 0.666. The van der Waals surface area contributed by atoms with E-state index in [2.05, 4.69) is 15.6 Å². The monoisotopic (exact) mass is 221 g/mol. The van der Waals surface area contributed by atoms with Crippen LogP contribution in [0, 0.1) is 5.92 Å². The molecule has 2 N–H and O–H groups in total. The van der Waals surface area contributed by atoms with Gasteiger partial charge in [-0.1, -0.05) is 0 Å². The van der Waals surface area contributed by atoms with Crippen molar-refractivity contribution in [1.82, 2.24) is 10.3 Å². The predicted octanol–water partition coefficient (Wildman–Crippen LogP) is 0.638. The Morgan fingerprint density at radius 3 is 3.06 bits per heavy atom. The summed E-state index contributed by atoms with van der Waals surface area (Å²) < 4.78 is 4.94. The molecule has 1 aliphatic heterocycles. The summed E-state index contributed by atoms with van der Waals surface area (Å²) in [7, 11) is 1.56. The number of anilines is 1. The van der Waals surface area contributed by atoms with Crippen LogP contribution >= 0.6 is 0 Å². The largest absolute Gasteiger partial charge is 0.481 e. The molecule has 1 atom stereocenters. The Balaban J connectivity index is 1.94. The first-order valence-corrected chi connectivity index (χ1v) is 5.31. The molecule has 0 aliphatic carbocycles. The van der Waals surface area contributed by atoms with E-state index in [1.54, 1.807) is 25.4 Å². The zero-order valence-electron chi connectivity index (χ0n) is 9.19. The van der Waals surface area contributed by atoms with Crippen LogP contribution in [0.15, 0.2) is 18.3 Å². The van der Waals surface area contributed by atoms with Crippen LogP contribution in [0.1, 0.15) is 6.42 Å². The number of methoxy groups -OCH3 is 1. The number of carbonyl (C=O) groups is 1. The molecule has 5 heteroatoms. The van der Waals surface area contributed by atoms with Crippen LogP contribution in [0.5, 0.6) is 5.88 Å². The molecule has 1 aliphatic rings. The molecule has 86 valence electrons. The van der Waals surface area contributed by atoms with Gasteiger partial charge in [0.15, 0.2) is 0 Å². The molecule has 0 spiro atoms. The SMILES string of the molecule is COc1ccc(NC(=O)C2CCNC2)cn1. The van der Waals surface area contributed by atoms with Crippen molar-refractivity contribution < 1.29 is 9.53 Å². The summed E-state index contributed by atoms with van der Waals surface area (Å²) in [6.07, 6.45) is 2.49. The molecule has 16 heavy (non-hydrogen) atoms. The number of aromatic nitrogens is 1. The van der Waals surface area contributed by atoms with Crippen LogP contribution < -0.4 is 15.4 Å². The number of nitrogens with one attached hydrogen (secondary N) is 2. The quantitative estimate of drug-likeness (QED) is 0.786. The van der Waals surface area contributed by atoms with Crippen molar-refractivity contribution in [2.75, 3.05) is 25.5 Å². The molecule has 0 bridgehead atoms. The van der Waals surface area contributed by atoms with Gasteiger partial charge in [-0.25, -0.2) is 4.98 Å². The first kappa shape index (κ1) is 10.9. The minimum Gasteiger partial charge on any atom is -0.481 e. The number of pyridine rings is 1. The Kier molecular flexibility index (Phi) is 3.36. The van der Waals surface area contributed by atoms with Gasteiger partial charge in [0.05, 0.1) is 24.9 Å². The first-order chi connectivity index (χ1) is 7.79. The van der Waals surface area contributed by atoms with Gasteiger partial charge in [-0.05, 0) is 19.0 Å². The van der Waals surface area contributed by atoms with Gasteiger partial charge in [0, 0.05) is 12.6 Å². The van der Waals surface area contributed by atoms with E-state index in [4.69, 9.17) is 4.74 Å². The molecular formula is C11H15N3O2. The van der Waals surface area contributed by atoms with E-state index < -0.39 is 0 Å². The summed E-state index contributed by atoms with van der Waals surface area (Å²) >= 11 is 0. The van der Waals surface area contributed by atoms with E-state index in [0.29, 0.717) is 11.6 Å². The van der Waals surface area contributed by atoms with Gasteiger partial charge in [-0.2, -0.15) is 0 Å². The Morgan fingerprint density at radius 2 is 2.50 bits per heavy atom. The molecule has 1 unspecified atom stereocenters. The molecule has 0 aromatic carbocycles. The van der Waals surface area contributed by atoms with Gasteiger partial charge in [-0.3, -0.25) is 4.79 Å². The van der Waals surface area contributed by atoms with E-state index in [-0.39, 0.29) is 11.8 Å². The number of ether oxygens (including phenoxy) is 1. The van der Waals surface area contributed by atoms with Crippen LogP contribution in [-0.2, 0) is 4.79 Å². The summed E-state index contributed by atoms with van der Waals surface area (Å²) in [4.78, 5) is 15.8. The van der Waals surface area contributed by atoms with E-state index in [1.807, 2.05) is 0 Å². The zero-order valence-corrected chi connectivity index (χ0v) is 9.19. The molecular weight excluding hydrogens is 206 g/mol. The lowest BCUT2D eigenvalue weighted by atomic mass is 10.1. The maximum atomic E-state index is 11.8. The van der Waals surface area contributed by atoms with Gasteiger partial charge < -0.3 is 15.4 Å². The minimum absolute atomic E-state index is 0.0527. The van der Waals surface area contributed by atoms with Crippen molar-refractivity contribution >= 4 is 11.6 Å². The number of rotatable bonds is 3. The van der Waals surface area contributed by atoms with Gasteiger partial charge in [0.2, 0.25) is 11.8 Å². The van der Waals surface area contributed by atoms with E-state index >= 15 is 0 Å².